The molecular weight excluding hydrogens is 372 g/mol. The molecule has 1 saturated heterocycles. The standard InChI is InChI=1S/C11H12O4.C7H16N2O2S/c1-6-8-4-7(13-2)5-9(14-3)10(8)11(12)15-6;1-9-5-3-7(4-6-9)8-12(2,10)11/h4-6H,1-3H3;7-8H,3-6H2,1-2H3. The predicted octanol–water partition coefficient (Wildman–Crippen LogP) is 1.56. The van der Waals surface area contributed by atoms with Crippen LogP contribution in [0.5, 0.6) is 11.5 Å². The summed E-state index contributed by atoms with van der Waals surface area (Å²) < 4.78 is 39.7. The number of hydrogen-bond donors (Lipinski definition) is 1. The van der Waals surface area contributed by atoms with Gasteiger partial charge in [0.25, 0.3) is 0 Å². The first-order valence-electron chi connectivity index (χ1n) is 8.77. The number of carbonyl (C=O) groups is 1. The molecule has 1 unspecified atom stereocenters. The Morgan fingerprint density at radius 3 is 2.33 bits per heavy atom. The Morgan fingerprint density at radius 1 is 1.19 bits per heavy atom. The minimum absolute atomic E-state index is 0.149. The van der Waals surface area contributed by atoms with Crippen LogP contribution in [0, 0.1) is 0 Å². The predicted molar refractivity (Wildman–Crippen MR) is 102 cm³/mol. The highest BCUT2D eigenvalue weighted by Crippen LogP contribution is 2.39. The van der Waals surface area contributed by atoms with Gasteiger partial charge < -0.3 is 19.1 Å². The molecule has 1 atom stereocenters. The summed E-state index contributed by atoms with van der Waals surface area (Å²) in [5, 5.41) is 0. The minimum atomic E-state index is -3.01. The zero-order valence-corrected chi connectivity index (χ0v) is 17.3. The minimum Gasteiger partial charge on any atom is -0.497 e. The van der Waals surface area contributed by atoms with Crippen molar-refractivity contribution < 1.29 is 27.4 Å². The molecule has 8 nitrogen and oxygen atoms in total. The van der Waals surface area contributed by atoms with Gasteiger partial charge in [0.15, 0.2) is 0 Å². The molecule has 1 fully saturated rings. The molecule has 3 rings (SSSR count). The normalized spacial score (nSPS) is 20.3. The van der Waals surface area contributed by atoms with Gasteiger partial charge in [0, 0.05) is 17.7 Å². The molecule has 0 radical (unpaired) electrons. The molecule has 2 aliphatic rings. The van der Waals surface area contributed by atoms with Gasteiger partial charge in [0.2, 0.25) is 10.0 Å². The highest BCUT2D eigenvalue weighted by atomic mass is 32.2. The molecule has 2 aliphatic heterocycles. The second-order valence-electron chi connectivity index (χ2n) is 6.81. The van der Waals surface area contributed by atoms with Crippen LogP contribution < -0.4 is 14.2 Å². The van der Waals surface area contributed by atoms with Crippen LogP contribution in [-0.4, -0.2) is 65.9 Å². The Morgan fingerprint density at radius 2 is 1.81 bits per heavy atom. The van der Waals surface area contributed by atoms with Crippen LogP contribution in [0.4, 0.5) is 0 Å². The smallest absolute Gasteiger partial charge is 0.342 e. The average molecular weight is 400 g/mol. The lowest BCUT2D eigenvalue weighted by Gasteiger charge is -2.28. The van der Waals surface area contributed by atoms with Gasteiger partial charge >= 0.3 is 5.97 Å². The molecule has 0 bridgehead atoms. The molecule has 0 saturated carbocycles. The van der Waals surface area contributed by atoms with Crippen molar-refractivity contribution in [1.82, 2.24) is 9.62 Å². The number of ether oxygens (including phenoxy) is 3. The quantitative estimate of drug-likeness (QED) is 0.767. The molecule has 1 aromatic rings. The van der Waals surface area contributed by atoms with E-state index in [1.165, 1.54) is 13.4 Å². The summed E-state index contributed by atoms with van der Waals surface area (Å²) in [7, 11) is 2.13. The van der Waals surface area contributed by atoms with E-state index in [1.54, 1.807) is 19.2 Å². The number of fused-ring (bicyclic) bond motifs is 1. The first-order valence-corrected chi connectivity index (χ1v) is 10.7. The number of methoxy groups -OCH3 is 2. The summed E-state index contributed by atoms with van der Waals surface area (Å²) >= 11 is 0. The molecular formula is C18H28N2O6S. The number of nitrogens with zero attached hydrogens (tertiary/aromatic N) is 1. The van der Waals surface area contributed by atoms with E-state index >= 15 is 0 Å². The zero-order valence-electron chi connectivity index (χ0n) is 16.4. The van der Waals surface area contributed by atoms with Crippen LogP contribution in [0.25, 0.3) is 0 Å². The summed E-state index contributed by atoms with van der Waals surface area (Å²) in [4.78, 5) is 13.7. The summed E-state index contributed by atoms with van der Waals surface area (Å²) in [6.07, 6.45) is 2.81. The summed E-state index contributed by atoms with van der Waals surface area (Å²) in [6, 6.07) is 3.63. The van der Waals surface area contributed by atoms with E-state index in [9.17, 15) is 13.2 Å². The monoisotopic (exact) mass is 400 g/mol. The van der Waals surface area contributed by atoms with Crippen molar-refractivity contribution in [3.05, 3.63) is 23.3 Å². The molecule has 2 heterocycles. The van der Waals surface area contributed by atoms with Gasteiger partial charge in [-0.25, -0.2) is 17.9 Å². The number of esters is 1. The van der Waals surface area contributed by atoms with E-state index in [1.807, 2.05) is 6.92 Å². The molecule has 9 heteroatoms. The SMILES string of the molecule is CN1CCC(NS(C)(=O)=O)CC1.COc1cc(OC)c2c(c1)C(C)OC2=O. The van der Waals surface area contributed by atoms with Crippen molar-refractivity contribution in [1.29, 1.82) is 0 Å². The lowest BCUT2D eigenvalue weighted by Crippen LogP contribution is -2.42. The number of nitrogens with one attached hydrogen (secondary N) is 1. The van der Waals surface area contributed by atoms with Gasteiger partial charge in [0.05, 0.1) is 20.5 Å². The van der Waals surface area contributed by atoms with E-state index in [4.69, 9.17) is 14.2 Å². The summed E-state index contributed by atoms with van der Waals surface area (Å²) in [5.41, 5.74) is 1.32. The van der Waals surface area contributed by atoms with Gasteiger partial charge in [-0.15, -0.1) is 0 Å². The van der Waals surface area contributed by atoms with Crippen LogP contribution in [0.2, 0.25) is 0 Å². The van der Waals surface area contributed by atoms with Crippen LogP contribution >= 0.6 is 0 Å². The largest absolute Gasteiger partial charge is 0.497 e. The lowest BCUT2D eigenvalue weighted by molar-refractivity contribution is 0.0420. The van der Waals surface area contributed by atoms with E-state index in [0.29, 0.717) is 17.1 Å². The number of piperidine rings is 1. The Bertz CT molecular complexity index is 772. The van der Waals surface area contributed by atoms with Crippen molar-refractivity contribution in [3.8, 4) is 11.5 Å². The molecule has 152 valence electrons. The van der Waals surface area contributed by atoms with Crippen molar-refractivity contribution >= 4 is 16.0 Å². The maximum Gasteiger partial charge on any atom is 0.342 e. The molecule has 0 spiro atoms. The fourth-order valence-electron chi connectivity index (χ4n) is 3.14. The van der Waals surface area contributed by atoms with Crippen molar-refractivity contribution in [2.45, 2.75) is 31.9 Å². The molecule has 27 heavy (non-hydrogen) atoms. The molecule has 1 N–H and O–H groups in total. The Hall–Kier alpha value is -1.84. The highest BCUT2D eigenvalue weighted by molar-refractivity contribution is 7.88. The third kappa shape index (κ3) is 5.82. The first-order chi connectivity index (χ1) is 12.6. The summed E-state index contributed by atoms with van der Waals surface area (Å²) in [5.74, 6) is 0.825. The van der Waals surface area contributed by atoms with Crippen molar-refractivity contribution in [3.63, 3.8) is 0 Å². The molecule has 0 aromatic heterocycles. The van der Waals surface area contributed by atoms with Gasteiger partial charge in [-0.05, 0) is 46.0 Å². The summed E-state index contributed by atoms with van der Waals surface area (Å²) in [6.45, 7) is 3.78. The highest BCUT2D eigenvalue weighted by Gasteiger charge is 2.32. The van der Waals surface area contributed by atoms with E-state index < -0.39 is 10.0 Å². The van der Waals surface area contributed by atoms with Crippen LogP contribution in [0.1, 0.15) is 41.8 Å². The van der Waals surface area contributed by atoms with Gasteiger partial charge in [-0.2, -0.15) is 0 Å². The number of benzene rings is 1. The van der Waals surface area contributed by atoms with Crippen molar-refractivity contribution in [2.24, 2.45) is 0 Å². The van der Waals surface area contributed by atoms with Crippen LogP contribution in [0.15, 0.2) is 12.1 Å². The second-order valence-corrected chi connectivity index (χ2v) is 8.59. The van der Waals surface area contributed by atoms with Gasteiger partial charge in [-0.3, -0.25) is 0 Å². The van der Waals surface area contributed by atoms with Crippen LogP contribution in [-0.2, 0) is 14.8 Å². The topological polar surface area (TPSA) is 94.2 Å². The molecule has 1 aromatic carbocycles. The lowest BCUT2D eigenvalue weighted by atomic mass is 10.0. The van der Waals surface area contributed by atoms with Crippen LogP contribution in [0.3, 0.4) is 0 Å². The van der Waals surface area contributed by atoms with E-state index in [0.717, 1.165) is 31.5 Å². The number of cyclic esters (lactones) is 1. The zero-order chi connectivity index (χ0) is 20.2. The number of hydrogen-bond acceptors (Lipinski definition) is 7. The fourth-order valence-corrected chi connectivity index (χ4v) is 3.98. The Kier molecular flexibility index (Phi) is 7.07. The Balaban J connectivity index is 0.000000199. The first kappa shape index (κ1) is 21.5. The third-order valence-electron chi connectivity index (χ3n) is 4.59. The maximum absolute atomic E-state index is 11.5. The maximum atomic E-state index is 11.5. The van der Waals surface area contributed by atoms with Crippen molar-refractivity contribution in [2.75, 3.05) is 40.6 Å². The molecule has 0 amide bonds. The van der Waals surface area contributed by atoms with Gasteiger partial charge in [-0.1, -0.05) is 0 Å². The second kappa shape index (κ2) is 8.90. The number of likely N-dealkylation sites (tertiary alicyclic amines) is 1. The van der Waals surface area contributed by atoms with E-state index in [2.05, 4.69) is 16.7 Å². The Labute approximate surface area is 160 Å². The average Bonchev–Trinajstić information content (AvgIpc) is 2.90. The van der Waals surface area contributed by atoms with E-state index in [-0.39, 0.29) is 18.1 Å². The third-order valence-corrected chi connectivity index (χ3v) is 5.35. The molecule has 0 aliphatic carbocycles. The fraction of sp³-hybridized carbons (Fsp3) is 0.611. The number of carbonyl (C=O) groups excluding carboxylic acids is 1. The number of rotatable bonds is 4. The number of sulfonamides is 1. The van der Waals surface area contributed by atoms with Gasteiger partial charge in [0.1, 0.15) is 23.2 Å².